The van der Waals surface area contributed by atoms with Crippen molar-refractivity contribution in [3.05, 3.63) is 65.5 Å². The van der Waals surface area contributed by atoms with E-state index in [1.54, 1.807) is 12.3 Å². The summed E-state index contributed by atoms with van der Waals surface area (Å²) in [7, 11) is 0. The first-order chi connectivity index (χ1) is 10.3. The molecule has 1 amide bonds. The van der Waals surface area contributed by atoms with Crippen molar-refractivity contribution < 1.29 is 4.79 Å². The van der Waals surface area contributed by atoms with E-state index in [2.05, 4.69) is 15.6 Å². The molecule has 0 radical (unpaired) electrons. The Labute approximate surface area is 123 Å². The Balaban J connectivity index is 1.71. The molecule has 0 bridgehead atoms. The number of hydrogen-bond acceptors (Lipinski definition) is 4. The van der Waals surface area contributed by atoms with E-state index in [-0.39, 0.29) is 12.5 Å². The van der Waals surface area contributed by atoms with Crippen LogP contribution < -0.4 is 10.6 Å². The van der Waals surface area contributed by atoms with E-state index in [1.807, 2.05) is 42.5 Å². The van der Waals surface area contributed by atoms with Crippen LogP contribution in [-0.4, -0.2) is 17.4 Å². The Morgan fingerprint density at radius 1 is 1.14 bits per heavy atom. The molecule has 5 nitrogen and oxygen atoms in total. The van der Waals surface area contributed by atoms with Crippen LogP contribution in [0.2, 0.25) is 0 Å². The van der Waals surface area contributed by atoms with Crippen LogP contribution in [0.15, 0.2) is 48.7 Å². The standard InChI is InChI=1S/C16H16N4O/c17-9-15-8-14(6-7-19-15)10-18-12-16(21)20-11-13-4-2-1-3-5-13/h1-8,18H,10-12H2,(H,20,21). The number of amides is 1. The van der Waals surface area contributed by atoms with Crippen molar-refractivity contribution >= 4 is 5.91 Å². The van der Waals surface area contributed by atoms with Gasteiger partial charge in [-0.15, -0.1) is 0 Å². The SMILES string of the molecule is N#Cc1cc(CNCC(=O)NCc2ccccc2)ccn1. The second-order valence-corrected chi connectivity index (χ2v) is 4.53. The summed E-state index contributed by atoms with van der Waals surface area (Å²) in [6.07, 6.45) is 1.59. The molecule has 1 aromatic heterocycles. The van der Waals surface area contributed by atoms with Crippen LogP contribution in [0, 0.1) is 11.3 Å². The number of hydrogen-bond donors (Lipinski definition) is 2. The second-order valence-electron chi connectivity index (χ2n) is 4.53. The third kappa shape index (κ3) is 5.05. The van der Waals surface area contributed by atoms with Crippen molar-refractivity contribution in [2.45, 2.75) is 13.1 Å². The number of nitrogens with one attached hydrogen (secondary N) is 2. The highest BCUT2D eigenvalue weighted by Gasteiger charge is 2.01. The molecule has 5 heteroatoms. The number of pyridine rings is 1. The number of rotatable bonds is 6. The van der Waals surface area contributed by atoms with Crippen molar-refractivity contribution in [1.29, 1.82) is 5.26 Å². The van der Waals surface area contributed by atoms with Gasteiger partial charge >= 0.3 is 0 Å². The molecule has 21 heavy (non-hydrogen) atoms. The average Bonchev–Trinajstić information content (AvgIpc) is 2.54. The Hall–Kier alpha value is -2.71. The van der Waals surface area contributed by atoms with Crippen molar-refractivity contribution in [2.24, 2.45) is 0 Å². The lowest BCUT2D eigenvalue weighted by molar-refractivity contribution is -0.120. The van der Waals surface area contributed by atoms with E-state index >= 15 is 0 Å². The highest BCUT2D eigenvalue weighted by molar-refractivity contribution is 5.77. The molecule has 0 unspecified atom stereocenters. The minimum absolute atomic E-state index is 0.0617. The zero-order valence-electron chi connectivity index (χ0n) is 11.5. The highest BCUT2D eigenvalue weighted by Crippen LogP contribution is 2.00. The molecule has 0 saturated carbocycles. The minimum atomic E-state index is -0.0617. The molecule has 106 valence electrons. The van der Waals surface area contributed by atoms with Crippen molar-refractivity contribution in [1.82, 2.24) is 15.6 Å². The van der Waals surface area contributed by atoms with Gasteiger partial charge in [-0.25, -0.2) is 4.98 Å². The predicted molar refractivity (Wildman–Crippen MR) is 78.9 cm³/mol. The van der Waals surface area contributed by atoms with E-state index in [9.17, 15) is 4.79 Å². The smallest absolute Gasteiger partial charge is 0.234 e. The summed E-state index contributed by atoms with van der Waals surface area (Å²) in [4.78, 5) is 15.6. The number of carbonyl (C=O) groups excluding carboxylic acids is 1. The lowest BCUT2D eigenvalue weighted by atomic mass is 10.2. The van der Waals surface area contributed by atoms with Gasteiger partial charge < -0.3 is 10.6 Å². The quantitative estimate of drug-likeness (QED) is 0.837. The summed E-state index contributed by atoms with van der Waals surface area (Å²) in [5.41, 5.74) is 2.37. The van der Waals surface area contributed by atoms with Crippen LogP contribution in [0.5, 0.6) is 0 Å². The van der Waals surface area contributed by atoms with Gasteiger partial charge in [0.05, 0.1) is 6.54 Å². The Morgan fingerprint density at radius 3 is 2.71 bits per heavy atom. The molecule has 2 aromatic rings. The van der Waals surface area contributed by atoms with E-state index in [0.29, 0.717) is 18.8 Å². The van der Waals surface area contributed by atoms with Gasteiger partial charge in [0.1, 0.15) is 11.8 Å². The molecule has 2 rings (SSSR count). The molecule has 0 aliphatic heterocycles. The van der Waals surface area contributed by atoms with Gasteiger partial charge in [-0.2, -0.15) is 5.26 Å². The number of nitrogens with zero attached hydrogens (tertiary/aromatic N) is 2. The molecule has 0 spiro atoms. The summed E-state index contributed by atoms with van der Waals surface area (Å²) < 4.78 is 0. The monoisotopic (exact) mass is 280 g/mol. The fraction of sp³-hybridized carbons (Fsp3) is 0.188. The Morgan fingerprint density at radius 2 is 1.95 bits per heavy atom. The van der Waals surface area contributed by atoms with E-state index in [0.717, 1.165) is 11.1 Å². The first kappa shape index (κ1) is 14.7. The molecule has 0 atom stereocenters. The maximum absolute atomic E-state index is 11.7. The van der Waals surface area contributed by atoms with Crippen LogP contribution in [-0.2, 0) is 17.9 Å². The highest BCUT2D eigenvalue weighted by atomic mass is 16.1. The molecule has 0 fully saturated rings. The van der Waals surface area contributed by atoms with Gasteiger partial charge in [0, 0.05) is 19.3 Å². The van der Waals surface area contributed by atoms with E-state index in [1.165, 1.54) is 0 Å². The Kier molecular flexibility index (Phi) is 5.44. The number of aromatic nitrogens is 1. The fourth-order valence-electron chi connectivity index (χ4n) is 1.82. The molecule has 1 aromatic carbocycles. The van der Waals surface area contributed by atoms with E-state index in [4.69, 9.17) is 5.26 Å². The van der Waals surface area contributed by atoms with Gasteiger partial charge in [-0.3, -0.25) is 4.79 Å². The Bertz CT molecular complexity index is 634. The second kappa shape index (κ2) is 7.78. The summed E-state index contributed by atoms with van der Waals surface area (Å²) in [5, 5.41) is 14.6. The molecule has 2 N–H and O–H groups in total. The molecular weight excluding hydrogens is 264 g/mol. The fourth-order valence-corrected chi connectivity index (χ4v) is 1.82. The maximum Gasteiger partial charge on any atom is 0.234 e. The number of benzene rings is 1. The summed E-state index contributed by atoms with van der Waals surface area (Å²) >= 11 is 0. The van der Waals surface area contributed by atoms with Crippen molar-refractivity contribution in [3.63, 3.8) is 0 Å². The van der Waals surface area contributed by atoms with Crippen molar-refractivity contribution in [2.75, 3.05) is 6.54 Å². The number of nitriles is 1. The first-order valence-electron chi connectivity index (χ1n) is 6.64. The summed E-state index contributed by atoms with van der Waals surface area (Å²) in [5.74, 6) is -0.0617. The van der Waals surface area contributed by atoms with Crippen LogP contribution in [0.4, 0.5) is 0 Å². The minimum Gasteiger partial charge on any atom is -0.351 e. The third-order valence-electron chi connectivity index (χ3n) is 2.89. The van der Waals surface area contributed by atoms with Gasteiger partial charge in [0.25, 0.3) is 0 Å². The summed E-state index contributed by atoms with van der Waals surface area (Å²) in [6.45, 7) is 1.28. The molecule has 0 aliphatic carbocycles. The number of carbonyl (C=O) groups is 1. The zero-order chi connectivity index (χ0) is 14.9. The topological polar surface area (TPSA) is 77.8 Å². The van der Waals surface area contributed by atoms with Gasteiger partial charge in [0.15, 0.2) is 0 Å². The van der Waals surface area contributed by atoms with Crippen LogP contribution >= 0.6 is 0 Å². The zero-order valence-corrected chi connectivity index (χ0v) is 11.5. The van der Waals surface area contributed by atoms with Gasteiger partial charge in [-0.1, -0.05) is 30.3 Å². The molecule has 0 aliphatic rings. The lowest BCUT2D eigenvalue weighted by Crippen LogP contribution is -2.33. The van der Waals surface area contributed by atoms with Gasteiger partial charge in [0.2, 0.25) is 5.91 Å². The van der Waals surface area contributed by atoms with Crippen molar-refractivity contribution in [3.8, 4) is 6.07 Å². The van der Waals surface area contributed by atoms with E-state index < -0.39 is 0 Å². The third-order valence-corrected chi connectivity index (χ3v) is 2.89. The molecular formula is C16H16N4O. The summed E-state index contributed by atoms with van der Waals surface area (Å²) in [6, 6.07) is 15.3. The molecule has 1 heterocycles. The predicted octanol–water partition coefficient (Wildman–Crippen LogP) is 1.36. The normalized spacial score (nSPS) is 9.86. The van der Waals surface area contributed by atoms with Crippen LogP contribution in [0.3, 0.4) is 0 Å². The average molecular weight is 280 g/mol. The van der Waals surface area contributed by atoms with Gasteiger partial charge in [-0.05, 0) is 23.3 Å². The first-order valence-corrected chi connectivity index (χ1v) is 6.64. The molecule has 0 saturated heterocycles. The lowest BCUT2D eigenvalue weighted by Gasteiger charge is -2.07. The largest absolute Gasteiger partial charge is 0.351 e. The van der Waals surface area contributed by atoms with Crippen LogP contribution in [0.25, 0.3) is 0 Å². The van der Waals surface area contributed by atoms with Crippen LogP contribution in [0.1, 0.15) is 16.8 Å². The maximum atomic E-state index is 11.7.